The van der Waals surface area contributed by atoms with E-state index < -0.39 is 24.2 Å². The minimum absolute atomic E-state index is 0.109. The van der Waals surface area contributed by atoms with Crippen LogP contribution in [0.1, 0.15) is 11.0 Å². The molecule has 0 radical (unpaired) electrons. The number of rotatable bonds is 6. The number of nitrogens with zero attached hydrogens (tertiary/aromatic N) is 1. The van der Waals surface area contributed by atoms with E-state index in [2.05, 4.69) is 0 Å². The average Bonchev–Trinajstić information content (AvgIpc) is 3.67. The third kappa shape index (κ3) is 5.04. The molecule has 2 nitrogen and oxygen atoms in total. The van der Waals surface area contributed by atoms with Crippen molar-refractivity contribution in [2.24, 2.45) is 0 Å². The number of para-hydroxylation sites is 2. The molecule has 0 saturated heterocycles. The standard InChI is InChI=1S/C50H33NO/c1-2-12-34(13-3-1)35-24-28-38(29-25-35)51(39-30-26-37(27-31-39)41-19-10-15-36-14-4-5-16-40(36)41)48-22-8-6-17-44(48)42-20-11-21-46-43(42)32-33-47-45-18-7-9-23-49(45)52-50(46)47/h1-33H/i24D,25D,26D,27D,28D,29D,30D,31D. The molecule has 9 aromatic carbocycles. The summed E-state index contributed by atoms with van der Waals surface area (Å²) in [5, 5.41) is 5.28. The van der Waals surface area contributed by atoms with Crippen molar-refractivity contribution in [1.82, 2.24) is 0 Å². The molecule has 2 heteroatoms. The molecule has 0 unspecified atom stereocenters. The largest absolute Gasteiger partial charge is 0.455 e. The summed E-state index contributed by atoms with van der Waals surface area (Å²) >= 11 is 0. The number of benzene rings is 9. The van der Waals surface area contributed by atoms with Crippen molar-refractivity contribution in [3.05, 3.63) is 200 Å². The maximum Gasteiger partial charge on any atom is 0.143 e. The third-order valence-corrected chi connectivity index (χ3v) is 9.63. The van der Waals surface area contributed by atoms with Crippen molar-refractivity contribution in [3.8, 4) is 33.4 Å². The Kier molecular flexibility index (Phi) is 5.45. The Labute approximate surface area is 313 Å². The van der Waals surface area contributed by atoms with Crippen LogP contribution in [0.15, 0.2) is 204 Å². The van der Waals surface area contributed by atoms with E-state index in [4.69, 9.17) is 4.42 Å². The molecule has 0 atom stereocenters. The summed E-state index contributed by atoms with van der Waals surface area (Å²) in [6.45, 7) is 0. The second-order valence-electron chi connectivity index (χ2n) is 12.6. The van der Waals surface area contributed by atoms with E-state index in [9.17, 15) is 11.0 Å². The molecule has 1 heterocycles. The van der Waals surface area contributed by atoms with Crippen LogP contribution in [-0.4, -0.2) is 0 Å². The van der Waals surface area contributed by atoms with Crippen LogP contribution in [0.2, 0.25) is 0 Å². The van der Waals surface area contributed by atoms with Gasteiger partial charge in [0.25, 0.3) is 0 Å². The van der Waals surface area contributed by atoms with Crippen molar-refractivity contribution >= 4 is 60.5 Å². The summed E-state index contributed by atoms with van der Waals surface area (Å²) in [6, 6.07) is 44.1. The fourth-order valence-electron chi connectivity index (χ4n) is 7.19. The summed E-state index contributed by atoms with van der Waals surface area (Å²) < 4.78 is 82.5. The minimum atomic E-state index is -0.403. The summed E-state index contributed by atoms with van der Waals surface area (Å²) in [6.07, 6.45) is 0. The molecule has 244 valence electrons. The van der Waals surface area contributed by atoms with Gasteiger partial charge in [-0.3, -0.25) is 0 Å². The summed E-state index contributed by atoms with van der Waals surface area (Å²) in [7, 11) is 0. The van der Waals surface area contributed by atoms with E-state index in [0.717, 1.165) is 43.5 Å². The van der Waals surface area contributed by atoms with Gasteiger partial charge >= 0.3 is 0 Å². The molecular weight excluding hydrogens is 631 g/mol. The molecule has 0 aliphatic rings. The van der Waals surface area contributed by atoms with Gasteiger partial charge in [0.1, 0.15) is 11.2 Å². The van der Waals surface area contributed by atoms with E-state index in [-0.39, 0.29) is 46.7 Å². The van der Waals surface area contributed by atoms with Crippen LogP contribution < -0.4 is 4.90 Å². The molecule has 0 saturated carbocycles. The second kappa shape index (κ2) is 12.5. The average molecular weight is 672 g/mol. The monoisotopic (exact) mass is 671 g/mol. The van der Waals surface area contributed by atoms with Crippen molar-refractivity contribution in [3.63, 3.8) is 0 Å². The highest BCUT2D eigenvalue weighted by molar-refractivity contribution is 6.18. The van der Waals surface area contributed by atoms with Gasteiger partial charge in [0.15, 0.2) is 0 Å². The minimum Gasteiger partial charge on any atom is -0.455 e. The van der Waals surface area contributed by atoms with Crippen LogP contribution in [0.4, 0.5) is 17.1 Å². The molecule has 0 fully saturated rings. The predicted molar refractivity (Wildman–Crippen MR) is 220 cm³/mol. The molecule has 0 aliphatic heterocycles. The Morgan fingerprint density at radius 1 is 0.365 bits per heavy atom. The van der Waals surface area contributed by atoms with Crippen LogP contribution >= 0.6 is 0 Å². The molecule has 0 aliphatic carbocycles. The lowest BCUT2D eigenvalue weighted by molar-refractivity contribution is 0.672. The molecule has 1 aromatic heterocycles. The Morgan fingerprint density at radius 2 is 0.923 bits per heavy atom. The van der Waals surface area contributed by atoms with Gasteiger partial charge in [-0.05, 0) is 86.3 Å². The Bertz CT molecular complexity index is 3320. The first-order chi connectivity index (χ1) is 29.2. The fourth-order valence-corrected chi connectivity index (χ4v) is 7.19. The van der Waals surface area contributed by atoms with Gasteiger partial charge in [-0.1, -0.05) is 158 Å². The molecule has 10 rings (SSSR count). The molecule has 0 bridgehead atoms. The van der Waals surface area contributed by atoms with Crippen LogP contribution in [-0.2, 0) is 0 Å². The molecule has 0 N–H and O–H groups in total. The topological polar surface area (TPSA) is 16.4 Å². The zero-order valence-corrected chi connectivity index (χ0v) is 27.8. The second-order valence-corrected chi connectivity index (χ2v) is 12.6. The van der Waals surface area contributed by atoms with Crippen LogP contribution in [0.3, 0.4) is 0 Å². The zero-order chi connectivity index (χ0) is 41.4. The number of anilines is 3. The predicted octanol–water partition coefficient (Wildman–Crippen LogP) is 14.4. The first kappa shape index (κ1) is 22.7. The maximum absolute atomic E-state index is 9.67. The number of fused-ring (bicyclic) bond motifs is 6. The summed E-state index contributed by atoms with van der Waals surface area (Å²) in [4.78, 5) is 1.39. The Morgan fingerprint density at radius 3 is 1.75 bits per heavy atom. The van der Waals surface area contributed by atoms with Crippen LogP contribution in [0, 0.1) is 0 Å². The van der Waals surface area contributed by atoms with Crippen molar-refractivity contribution in [2.45, 2.75) is 0 Å². The van der Waals surface area contributed by atoms with E-state index in [1.807, 2.05) is 109 Å². The van der Waals surface area contributed by atoms with Crippen LogP contribution in [0.25, 0.3) is 76.9 Å². The number of furan rings is 1. The molecule has 0 amide bonds. The summed E-state index contributed by atoms with van der Waals surface area (Å²) in [5.74, 6) is 0. The van der Waals surface area contributed by atoms with Gasteiger partial charge in [0.05, 0.1) is 16.7 Å². The smallest absolute Gasteiger partial charge is 0.143 e. The Hall–Kier alpha value is -6.90. The highest BCUT2D eigenvalue weighted by atomic mass is 16.3. The van der Waals surface area contributed by atoms with E-state index in [1.54, 1.807) is 42.5 Å². The molecular formula is C50H33NO. The molecule has 0 spiro atoms. The van der Waals surface area contributed by atoms with Gasteiger partial charge in [0, 0.05) is 33.1 Å². The zero-order valence-electron chi connectivity index (χ0n) is 35.8. The first-order valence-corrected chi connectivity index (χ1v) is 17.1. The van der Waals surface area contributed by atoms with E-state index in [0.29, 0.717) is 28.0 Å². The Balaban J connectivity index is 1.28. The van der Waals surface area contributed by atoms with Gasteiger partial charge < -0.3 is 9.32 Å². The number of hydrogen-bond acceptors (Lipinski definition) is 2. The van der Waals surface area contributed by atoms with E-state index in [1.165, 1.54) is 4.90 Å². The highest BCUT2D eigenvalue weighted by Gasteiger charge is 2.20. The van der Waals surface area contributed by atoms with Gasteiger partial charge in [-0.15, -0.1) is 0 Å². The molecule has 52 heavy (non-hydrogen) atoms. The number of hydrogen-bond donors (Lipinski definition) is 0. The van der Waals surface area contributed by atoms with Crippen molar-refractivity contribution in [1.29, 1.82) is 0 Å². The molecule has 10 aromatic rings. The lowest BCUT2D eigenvalue weighted by Gasteiger charge is -2.28. The first-order valence-electron chi connectivity index (χ1n) is 21.1. The van der Waals surface area contributed by atoms with E-state index >= 15 is 0 Å². The van der Waals surface area contributed by atoms with Gasteiger partial charge in [-0.25, -0.2) is 0 Å². The van der Waals surface area contributed by atoms with Crippen molar-refractivity contribution < 1.29 is 15.4 Å². The SMILES string of the molecule is [2H]c1c([2H])c(N(c2ccccc2-c2cccc3c2ccc2c4ccccc4oc32)c2c([2H])c([2H])c(-c3cccc4ccccc34)c([2H])c2[2H])c([2H])c([2H])c1-c1ccccc1. The lowest BCUT2D eigenvalue weighted by Crippen LogP contribution is -2.11. The third-order valence-electron chi connectivity index (χ3n) is 9.63. The van der Waals surface area contributed by atoms with Crippen LogP contribution in [0.5, 0.6) is 0 Å². The summed E-state index contributed by atoms with van der Waals surface area (Å²) in [5.41, 5.74) is 3.98. The van der Waals surface area contributed by atoms with Crippen molar-refractivity contribution in [2.75, 3.05) is 4.90 Å². The fraction of sp³-hybridized carbons (Fsp3) is 0. The maximum atomic E-state index is 9.67. The van der Waals surface area contributed by atoms with Gasteiger partial charge in [-0.2, -0.15) is 0 Å². The normalized spacial score (nSPS) is 13.6. The lowest BCUT2D eigenvalue weighted by atomic mass is 9.94. The van der Waals surface area contributed by atoms with Gasteiger partial charge in [0.2, 0.25) is 0 Å². The highest BCUT2D eigenvalue weighted by Crippen LogP contribution is 2.45. The quantitative estimate of drug-likeness (QED) is 0.175.